The van der Waals surface area contributed by atoms with Crippen LogP contribution < -0.4 is 5.32 Å². The van der Waals surface area contributed by atoms with Gasteiger partial charge in [-0.05, 0) is 67.9 Å². The number of rotatable bonds is 3. The standard InChI is InChI=1S/C19H23BrN4O/c1-12-3-2-8-24(12)14-6-4-13(5-7-14)23-19-18(20)16-9-15(10-21)25-17(16)11-22-19/h9,11-14H,2-8H2,1H3,(H,22,23)/t12-,13?,14?/m1/s1. The van der Waals surface area contributed by atoms with Gasteiger partial charge in [0.05, 0.1) is 10.7 Å². The second-order valence-electron chi connectivity index (χ2n) is 7.30. The lowest BCUT2D eigenvalue weighted by Gasteiger charge is -2.37. The van der Waals surface area contributed by atoms with Gasteiger partial charge in [0.25, 0.3) is 0 Å². The van der Waals surface area contributed by atoms with Crippen molar-refractivity contribution in [1.29, 1.82) is 5.26 Å². The van der Waals surface area contributed by atoms with Crippen LogP contribution in [0.4, 0.5) is 5.82 Å². The summed E-state index contributed by atoms with van der Waals surface area (Å²) in [6.45, 7) is 3.64. The molecule has 1 aliphatic heterocycles. The predicted octanol–water partition coefficient (Wildman–Crippen LogP) is 4.67. The fraction of sp³-hybridized carbons (Fsp3) is 0.579. The van der Waals surface area contributed by atoms with Gasteiger partial charge in [-0.1, -0.05) is 0 Å². The molecule has 1 saturated carbocycles. The first-order valence-electron chi connectivity index (χ1n) is 9.16. The van der Waals surface area contributed by atoms with Crippen LogP contribution in [0.25, 0.3) is 11.0 Å². The lowest BCUT2D eigenvalue weighted by molar-refractivity contribution is 0.146. The van der Waals surface area contributed by atoms with E-state index in [9.17, 15) is 0 Å². The van der Waals surface area contributed by atoms with Crippen LogP contribution in [0.2, 0.25) is 0 Å². The van der Waals surface area contributed by atoms with Crippen molar-refractivity contribution >= 4 is 32.7 Å². The summed E-state index contributed by atoms with van der Waals surface area (Å²) in [5.74, 6) is 1.16. The van der Waals surface area contributed by atoms with Crippen molar-refractivity contribution in [2.45, 2.75) is 63.6 Å². The maximum Gasteiger partial charge on any atom is 0.204 e. The summed E-state index contributed by atoms with van der Waals surface area (Å²) in [7, 11) is 0. The maximum absolute atomic E-state index is 8.99. The average molecular weight is 403 g/mol. The molecule has 2 aromatic rings. The molecule has 1 aliphatic carbocycles. The van der Waals surface area contributed by atoms with Crippen LogP contribution in [0.3, 0.4) is 0 Å². The van der Waals surface area contributed by atoms with Gasteiger partial charge in [-0.25, -0.2) is 4.98 Å². The molecule has 5 nitrogen and oxygen atoms in total. The van der Waals surface area contributed by atoms with E-state index < -0.39 is 0 Å². The van der Waals surface area contributed by atoms with E-state index in [2.05, 4.69) is 38.1 Å². The molecule has 1 saturated heterocycles. The Morgan fingerprint density at radius 2 is 2.12 bits per heavy atom. The SMILES string of the molecule is C[C@@H]1CCCN1C1CCC(Nc2ncc3oc(C#N)cc3c2Br)CC1. The Labute approximate surface area is 156 Å². The van der Waals surface area contributed by atoms with Gasteiger partial charge < -0.3 is 9.73 Å². The number of halogens is 1. The predicted molar refractivity (Wildman–Crippen MR) is 101 cm³/mol. The molecule has 6 heteroatoms. The number of hydrogen-bond donors (Lipinski definition) is 1. The van der Waals surface area contributed by atoms with Gasteiger partial charge in [0, 0.05) is 29.6 Å². The molecule has 2 fully saturated rings. The van der Waals surface area contributed by atoms with Gasteiger partial charge in [-0.15, -0.1) is 0 Å². The second-order valence-corrected chi connectivity index (χ2v) is 8.09. The largest absolute Gasteiger partial charge is 0.444 e. The first-order chi connectivity index (χ1) is 12.2. The van der Waals surface area contributed by atoms with E-state index in [0.29, 0.717) is 17.4 Å². The summed E-state index contributed by atoms with van der Waals surface area (Å²) >= 11 is 3.62. The Morgan fingerprint density at radius 1 is 1.32 bits per heavy atom. The number of aromatic nitrogens is 1. The van der Waals surface area contributed by atoms with E-state index in [1.54, 1.807) is 12.3 Å². The lowest BCUT2D eigenvalue weighted by atomic mass is 9.90. The van der Waals surface area contributed by atoms with Gasteiger partial charge >= 0.3 is 0 Å². The molecule has 0 radical (unpaired) electrons. The fourth-order valence-electron chi connectivity index (χ4n) is 4.38. The third-order valence-corrected chi connectivity index (χ3v) is 6.54. The van der Waals surface area contributed by atoms with E-state index in [0.717, 1.165) is 27.8 Å². The molecule has 0 amide bonds. The monoisotopic (exact) mass is 402 g/mol. The molecular weight excluding hydrogens is 380 g/mol. The van der Waals surface area contributed by atoms with Crippen molar-refractivity contribution in [2.75, 3.05) is 11.9 Å². The number of nitrogens with zero attached hydrogens (tertiary/aromatic N) is 3. The Balaban J connectivity index is 1.42. The normalized spacial score (nSPS) is 27.5. The first-order valence-corrected chi connectivity index (χ1v) is 9.95. The zero-order valence-electron chi connectivity index (χ0n) is 14.5. The van der Waals surface area contributed by atoms with Gasteiger partial charge in [-0.2, -0.15) is 5.26 Å². The van der Waals surface area contributed by atoms with Crippen molar-refractivity contribution in [3.05, 3.63) is 22.5 Å². The Morgan fingerprint density at radius 3 is 2.80 bits per heavy atom. The molecule has 132 valence electrons. The van der Waals surface area contributed by atoms with Crippen LogP contribution in [-0.2, 0) is 0 Å². The fourth-order valence-corrected chi connectivity index (χ4v) is 4.91. The molecule has 1 atom stereocenters. The third-order valence-electron chi connectivity index (χ3n) is 5.74. The maximum atomic E-state index is 8.99. The molecule has 25 heavy (non-hydrogen) atoms. The van der Waals surface area contributed by atoms with Gasteiger partial charge in [0.15, 0.2) is 5.58 Å². The van der Waals surface area contributed by atoms with Crippen LogP contribution in [0.15, 0.2) is 21.2 Å². The highest BCUT2D eigenvalue weighted by atomic mass is 79.9. The number of anilines is 1. The van der Waals surface area contributed by atoms with Crippen LogP contribution in [-0.4, -0.2) is 34.6 Å². The smallest absolute Gasteiger partial charge is 0.204 e. The topological polar surface area (TPSA) is 65.1 Å². The van der Waals surface area contributed by atoms with Crippen LogP contribution >= 0.6 is 15.9 Å². The Hall–Kier alpha value is -1.58. The average Bonchev–Trinajstić information content (AvgIpc) is 3.24. The molecule has 0 unspecified atom stereocenters. The highest BCUT2D eigenvalue weighted by Gasteiger charge is 2.31. The number of pyridine rings is 1. The van der Waals surface area contributed by atoms with E-state index in [-0.39, 0.29) is 0 Å². The summed E-state index contributed by atoms with van der Waals surface area (Å²) in [5, 5.41) is 13.5. The molecule has 3 heterocycles. The molecule has 2 aromatic heterocycles. The van der Waals surface area contributed by atoms with Gasteiger partial charge in [0.1, 0.15) is 11.9 Å². The van der Waals surface area contributed by atoms with Crippen molar-refractivity contribution in [1.82, 2.24) is 9.88 Å². The van der Waals surface area contributed by atoms with E-state index in [1.165, 1.54) is 45.1 Å². The highest BCUT2D eigenvalue weighted by Crippen LogP contribution is 2.34. The summed E-state index contributed by atoms with van der Waals surface area (Å²) in [6, 6.07) is 5.76. The quantitative estimate of drug-likeness (QED) is 0.807. The van der Waals surface area contributed by atoms with Crippen molar-refractivity contribution in [3.63, 3.8) is 0 Å². The molecule has 0 bridgehead atoms. The zero-order chi connectivity index (χ0) is 17.4. The number of fused-ring (bicyclic) bond motifs is 1. The Bertz CT molecular complexity index is 804. The van der Waals surface area contributed by atoms with Crippen molar-refractivity contribution in [2.24, 2.45) is 0 Å². The third kappa shape index (κ3) is 3.28. The van der Waals surface area contributed by atoms with Gasteiger partial charge in [0.2, 0.25) is 5.76 Å². The van der Waals surface area contributed by atoms with Crippen molar-refractivity contribution in [3.8, 4) is 6.07 Å². The molecule has 0 spiro atoms. The number of nitrogens with one attached hydrogen (secondary N) is 1. The summed E-state index contributed by atoms with van der Waals surface area (Å²) < 4.78 is 6.32. The summed E-state index contributed by atoms with van der Waals surface area (Å²) in [5.41, 5.74) is 0.640. The number of nitriles is 1. The van der Waals surface area contributed by atoms with E-state index in [4.69, 9.17) is 9.68 Å². The summed E-state index contributed by atoms with van der Waals surface area (Å²) in [6.07, 6.45) is 9.26. The number of furan rings is 1. The molecule has 4 rings (SSSR count). The molecule has 1 N–H and O–H groups in total. The Kier molecular flexibility index (Phi) is 4.70. The minimum absolute atomic E-state index is 0.315. The van der Waals surface area contributed by atoms with E-state index >= 15 is 0 Å². The lowest BCUT2D eigenvalue weighted by Crippen LogP contribution is -2.42. The van der Waals surface area contributed by atoms with Gasteiger partial charge in [-0.3, -0.25) is 4.90 Å². The minimum atomic E-state index is 0.315. The second kappa shape index (κ2) is 6.97. The van der Waals surface area contributed by atoms with Crippen LogP contribution in [0.1, 0.15) is 51.2 Å². The summed E-state index contributed by atoms with van der Waals surface area (Å²) in [4.78, 5) is 7.20. The van der Waals surface area contributed by atoms with Crippen LogP contribution in [0.5, 0.6) is 0 Å². The highest BCUT2D eigenvalue weighted by molar-refractivity contribution is 9.10. The van der Waals surface area contributed by atoms with Crippen LogP contribution in [0, 0.1) is 11.3 Å². The molecule has 0 aromatic carbocycles. The number of hydrogen-bond acceptors (Lipinski definition) is 5. The zero-order valence-corrected chi connectivity index (χ0v) is 16.1. The molecule has 2 aliphatic rings. The molecular formula is C19H23BrN4O. The first kappa shape index (κ1) is 16.9. The number of likely N-dealkylation sites (tertiary alicyclic amines) is 1. The minimum Gasteiger partial charge on any atom is -0.444 e. The van der Waals surface area contributed by atoms with Crippen molar-refractivity contribution < 1.29 is 4.42 Å². The van der Waals surface area contributed by atoms with E-state index in [1.807, 2.05) is 6.07 Å².